The lowest BCUT2D eigenvalue weighted by atomic mass is 9.83. The normalized spacial score (nSPS) is 15.7. The number of nitrogens with two attached hydrogens (primary N) is 1. The minimum Gasteiger partial charge on any atom is -0.508 e. The minimum absolute atomic E-state index is 0.000998. The Bertz CT molecular complexity index is 2930. The highest BCUT2D eigenvalue weighted by atomic mass is 16.7. The van der Waals surface area contributed by atoms with Gasteiger partial charge in [0.15, 0.2) is 22.4 Å². The smallest absolute Gasteiger partial charge is 0.328 e. The number of esters is 1. The largest absolute Gasteiger partial charge is 0.508 e. The van der Waals surface area contributed by atoms with Gasteiger partial charge in [0.25, 0.3) is 5.96 Å². The molecule has 1 aromatic heterocycles. The van der Waals surface area contributed by atoms with Crippen molar-refractivity contribution in [2.75, 3.05) is 33.2 Å². The number of ether oxygens (including phenoxy) is 1. The fraction of sp³-hybridized carbons (Fsp3) is 0.483. The molecule has 0 spiro atoms. The summed E-state index contributed by atoms with van der Waals surface area (Å²) in [6.45, 7) is 8.36. The van der Waals surface area contributed by atoms with Gasteiger partial charge >= 0.3 is 5.97 Å². The van der Waals surface area contributed by atoms with E-state index in [2.05, 4.69) is 41.7 Å². The fourth-order valence-electron chi connectivity index (χ4n) is 9.86. The van der Waals surface area contributed by atoms with Crippen molar-refractivity contribution in [2.45, 2.75) is 129 Å². The molecule has 0 aliphatic carbocycles. The highest BCUT2D eigenvalue weighted by Gasteiger charge is 2.41. The van der Waals surface area contributed by atoms with Gasteiger partial charge < -0.3 is 52.0 Å². The van der Waals surface area contributed by atoms with Gasteiger partial charge in [0, 0.05) is 61.6 Å². The molecule has 2 heterocycles. The summed E-state index contributed by atoms with van der Waals surface area (Å²) in [5.74, 6) is -8.64. The first-order valence-electron chi connectivity index (χ1n) is 28.5. The molecule has 25 nitrogen and oxygen atoms in total. The SMILES string of the molecule is CCC(C)[C@H](CC(=O)[C@H](Cc1ccc(O)cc1)NC(=O)[C@@H](CC(=O)[C@H](CCCN/C(N)=N\[N+](=O)[O-])NC(=O)CN(C)CC(=O)c1ccccc1)C(C)C)C(=O)N[C@@H](Cc1cnc[nH]1)C(=O)N1CCC[C@H]1C(=O)N[C@H](C)C(=O)OCc1ccccc1. The molecule has 1 saturated heterocycles. The molecule has 0 bridgehead atoms. The Hall–Kier alpha value is -8.87. The molecule has 458 valence electrons. The van der Waals surface area contributed by atoms with Crippen LogP contribution in [0.1, 0.15) is 107 Å². The zero-order valence-electron chi connectivity index (χ0n) is 49.0. The van der Waals surface area contributed by atoms with Gasteiger partial charge in [-0.25, -0.2) is 19.9 Å². The molecule has 4 aromatic rings. The third kappa shape index (κ3) is 21.7. The van der Waals surface area contributed by atoms with Gasteiger partial charge in [0.2, 0.25) is 29.5 Å². The van der Waals surface area contributed by atoms with Crippen LogP contribution >= 0.6 is 0 Å². The van der Waals surface area contributed by atoms with E-state index in [1.165, 1.54) is 41.4 Å². The molecule has 1 aliphatic heterocycles. The number of guanidine groups is 1. The summed E-state index contributed by atoms with van der Waals surface area (Å²) < 4.78 is 5.42. The number of hydrogen-bond donors (Lipinski definition) is 8. The quantitative estimate of drug-likeness (QED) is 0.00633. The predicted octanol–water partition coefficient (Wildman–Crippen LogP) is 3.14. The Morgan fingerprint density at radius 3 is 2.09 bits per heavy atom. The summed E-state index contributed by atoms with van der Waals surface area (Å²) in [6.07, 6.45) is 3.28. The number of hydrazone groups is 1. The number of amides is 5. The molecule has 1 fully saturated rings. The van der Waals surface area contributed by atoms with E-state index in [0.29, 0.717) is 29.7 Å². The monoisotopic (exact) mass is 1180 g/mol. The first kappa shape index (κ1) is 66.9. The van der Waals surface area contributed by atoms with Crippen molar-refractivity contribution in [3.05, 3.63) is 130 Å². The number of rotatable bonds is 34. The molecule has 85 heavy (non-hydrogen) atoms. The van der Waals surface area contributed by atoms with Gasteiger partial charge in [-0.2, -0.15) is 0 Å². The van der Waals surface area contributed by atoms with E-state index in [-0.39, 0.29) is 76.4 Å². The van der Waals surface area contributed by atoms with Crippen LogP contribution < -0.4 is 32.3 Å². The van der Waals surface area contributed by atoms with Crippen molar-refractivity contribution in [2.24, 2.45) is 34.5 Å². The number of benzene rings is 3. The molecule has 5 amide bonds. The number of likely N-dealkylation sites (tertiary alicyclic amines) is 1. The van der Waals surface area contributed by atoms with E-state index in [0.717, 1.165) is 5.56 Å². The lowest BCUT2D eigenvalue weighted by Gasteiger charge is -2.31. The van der Waals surface area contributed by atoms with Crippen LogP contribution in [0.4, 0.5) is 0 Å². The molecule has 0 radical (unpaired) electrons. The number of imidazole rings is 1. The Morgan fingerprint density at radius 2 is 1.46 bits per heavy atom. The van der Waals surface area contributed by atoms with Crippen LogP contribution in [0.5, 0.6) is 5.75 Å². The van der Waals surface area contributed by atoms with Crippen molar-refractivity contribution in [1.29, 1.82) is 0 Å². The number of aromatic nitrogens is 2. The number of nitrogens with zero attached hydrogens (tertiary/aromatic N) is 5. The summed E-state index contributed by atoms with van der Waals surface area (Å²) in [6, 6.07) is 17.8. The van der Waals surface area contributed by atoms with Gasteiger partial charge in [-0.1, -0.05) is 107 Å². The second-order valence-corrected chi connectivity index (χ2v) is 21.8. The number of hydrogen-bond acceptors (Lipinski definition) is 15. The van der Waals surface area contributed by atoms with E-state index >= 15 is 0 Å². The van der Waals surface area contributed by atoms with Crippen LogP contribution in [-0.4, -0.2) is 152 Å². The van der Waals surface area contributed by atoms with Crippen LogP contribution in [-0.2, 0) is 62.5 Å². The number of Topliss-reactive ketones (excluding diaryl/α,β-unsaturated/α-hetero) is 3. The van der Waals surface area contributed by atoms with Gasteiger partial charge in [-0.3, -0.25) is 43.3 Å². The standard InChI is InChI=1S/C60H80N12O13/c1-7-38(4)46(56(79)68-49(29-43-32-62-36-64-43)58(81)71-27-15-21-50(71)57(80)65-39(5)59(82)85-35-41-16-10-8-11-17-41)31-52(75)48(28-40-22-24-44(73)25-23-40)67-55(78)45(37(2)3)30-51(74)47(20-14-26-63-60(61)69-72(83)84)66-54(77)34-70(6)33-53(76)42-18-12-9-13-19-42/h8-13,16-19,22-25,32,36-39,45-50,73H,7,14-15,20-21,26-31,33-35H2,1-6H3,(H,62,64)(H,65,80)(H,66,77)(H,67,78)(H,68,79)(H3,61,63,69)/t38?,39-,45+,46+,47+,48+,49+,50+/m1/s1. The van der Waals surface area contributed by atoms with Crippen molar-refractivity contribution >= 4 is 58.8 Å². The first-order valence-corrected chi connectivity index (χ1v) is 28.5. The number of H-pyrrole nitrogens is 1. The van der Waals surface area contributed by atoms with Crippen LogP contribution in [0.2, 0.25) is 0 Å². The van der Waals surface area contributed by atoms with Gasteiger partial charge in [-0.05, 0) is 81.2 Å². The number of nitrogens with one attached hydrogen (secondary N) is 6. The zero-order valence-corrected chi connectivity index (χ0v) is 49.0. The van der Waals surface area contributed by atoms with Gasteiger partial charge in [0.1, 0.15) is 35.6 Å². The van der Waals surface area contributed by atoms with Crippen molar-refractivity contribution < 1.29 is 58.0 Å². The van der Waals surface area contributed by atoms with E-state index in [1.807, 2.05) is 25.1 Å². The average molecular weight is 1180 g/mol. The van der Waals surface area contributed by atoms with E-state index in [1.54, 1.807) is 82.4 Å². The fourth-order valence-corrected chi connectivity index (χ4v) is 9.86. The highest BCUT2D eigenvalue weighted by Crippen LogP contribution is 2.26. The van der Waals surface area contributed by atoms with Gasteiger partial charge in [-0.15, -0.1) is 0 Å². The Labute approximate surface area is 494 Å². The van der Waals surface area contributed by atoms with Crippen LogP contribution in [0, 0.1) is 33.8 Å². The maximum Gasteiger partial charge on any atom is 0.328 e. The topological polar surface area (TPSA) is 360 Å². The summed E-state index contributed by atoms with van der Waals surface area (Å²) in [7, 11) is 1.57. The van der Waals surface area contributed by atoms with Crippen molar-refractivity contribution in [3.8, 4) is 5.75 Å². The number of carbonyl (C=O) groups excluding carboxylic acids is 9. The maximum atomic E-state index is 14.9. The van der Waals surface area contributed by atoms with E-state index in [4.69, 9.17) is 10.5 Å². The summed E-state index contributed by atoms with van der Waals surface area (Å²) in [5.41, 5.74) is 7.84. The number of phenols is 1. The number of aromatic amines is 1. The maximum absolute atomic E-state index is 14.9. The molecule has 9 N–H and O–H groups in total. The second kappa shape index (κ2) is 33.4. The number of likely N-dealkylation sites (N-methyl/N-ethyl adjacent to an activating group) is 1. The molecule has 1 aliphatic rings. The number of aromatic hydroxyl groups is 1. The molecule has 0 saturated carbocycles. The third-order valence-corrected chi connectivity index (χ3v) is 14.9. The molecule has 3 aromatic carbocycles. The molecular weight excluding hydrogens is 1100 g/mol. The number of nitro groups is 1. The van der Waals surface area contributed by atoms with Crippen LogP contribution in [0.25, 0.3) is 0 Å². The predicted molar refractivity (Wildman–Crippen MR) is 313 cm³/mol. The lowest BCUT2D eigenvalue weighted by Crippen LogP contribution is -2.56. The first-order chi connectivity index (χ1) is 40.5. The van der Waals surface area contributed by atoms with Gasteiger partial charge in [0.05, 0.1) is 31.5 Å². The van der Waals surface area contributed by atoms with Crippen LogP contribution in [0.15, 0.2) is 103 Å². The summed E-state index contributed by atoms with van der Waals surface area (Å²) in [4.78, 5) is 147. The Balaban J connectivity index is 1.33. The number of phenolic OH excluding ortho intramolecular Hbond substituents is 1. The van der Waals surface area contributed by atoms with Crippen LogP contribution in [0.3, 0.4) is 0 Å². The highest BCUT2D eigenvalue weighted by molar-refractivity contribution is 5.99. The Morgan fingerprint density at radius 1 is 0.824 bits per heavy atom. The average Bonchev–Trinajstić information content (AvgIpc) is 4.07. The third-order valence-electron chi connectivity index (χ3n) is 14.9. The number of carbonyl (C=O) groups is 9. The Kier molecular flexibility index (Phi) is 26.3. The molecule has 5 rings (SSSR count). The molecular formula is C60H80N12O13. The summed E-state index contributed by atoms with van der Waals surface area (Å²) in [5, 5.41) is 36.7. The number of ketones is 3. The molecule has 1 unspecified atom stereocenters. The van der Waals surface area contributed by atoms with Crippen molar-refractivity contribution in [3.63, 3.8) is 0 Å². The van der Waals surface area contributed by atoms with E-state index in [9.17, 15) is 58.4 Å². The zero-order chi connectivity index (χ0) is 62.2. The minimum atomic E-state index is -1.28. The van der Waals surface area contributed by atoms with E-state index < -0.39 is 125 Å². The lowest BCUT2D eigenvalue weighted by molar-refractivity contribution is -0.485. The summed E-state index contributed by atoms with van der Waals surface area (Å²) >= 11 is 0. The molecule has 8 atom stereocenters. The van der Waals surface area contributed by atoms with Crippen molar-refractivity contribution in [1.82, 2.24) is 46.4 Å². The second-order valence-electron chi connectivity index (χ2n) is 21.8. The molecule has 25 heteroatoms.